The van der Waals surface area contributed by atoms with Crippen molar-refractivity contribution < 1.29 is 0 Å². The van der Waals surface area contributed by atoms with Crippen LogP contribution in [0.15, 0.2) is 6.33 Å². The molecule has 0 saturated heterocycles. The predicted molar refractivity (Wildman–Crippen MR) is 55.5 cm³/mol. The molecule has 2 rings (SSSR count). The maximum absolute atomic E-state index is 6.04. The van der Waals surface area contributed by atoms with Crippen LogP contribution in [-0.2, 0) is 0 Å². The van der Waals surface area contributed by atoms with Gasteiger partial charge in [0.15, 0.2) is 10.8 Å². The SMILES string of the molecule is Cc1nc(Cl)c2c(ncn2C(C)C)n1. The fraction of sp³-hybridized carbons (Fsp3) is 0.444. The minimum atomic E-state index is 0.309. The van der Waals surface area contributed by atoms with Gasteiger partial charge < -0.3 is 4.57 Å². The van der Waals surface area contributed by atoms with Crippen LogP contribution in [0.1, 0.15) is 25.7 Å². The summed E-state index contributed by atoms with van der Waals surface area (Å²) in [5, 5.41) is 0.471. The first-order chi connectivity index (χ1) is 6.59. The Bertz CT molecular complexity index is 475. The van der Waals surface area contributed by atoms with Crippen LogP contribution >= 0.6 is 11.6 Å². The number of imidazole rings is 1. The van der Waals surface area contributed by atoms with E-state index in [1.54, 1.807) is 13.3 Å². The van der Waals surface area contributed by atoms with Gasteiger partial charge in [-0.3, -0.25) is 0 Å². The van der Waals surface area contributed by atoms with Crippen molar-refractivity contribution in [3.63, 3.8) is 0 Å². The molecule has 0 N–H and O–H groups in total. The number of rotatable bonds is 1. The second-order valence-corrected chi connectivity index (χ2v) is 3.84. The maximum Gasteiger partial charge on any atom is 0.182 e. The van der Waals surface area contributed by atoms with Gasteiger partial charge in [0.2, 0.25) is 0 Å². The van der Waals surface area contributed by atoms with Crippen LogP contribution in [0.3, 0.4) is 0 Å². The van der Waals surface area contributed by atoms with Crippen molar-refractivity contribution in [1.29, 1.82) is 0 Å². The average molecular weight is 211 g/mol. The first-order valence-electron chi connectivity index (χ1n) is 4.46. The summed E-state index contributed by atoms with van der Waals surface area (Å²) in [6.45, 7) is 5.94. The smallest absolute Gasteiger partial charge is 0.182 e. The van der Waals surface area contributed by atoms with Crippen LogP contribution in [0.25, 0.3) is 11.2 Å². The van der Waals surface area contributed by atoms with Gasteiger partial charge in [-0.2, -0.15) is 0 Å². The van der Waals surface area contributed by atoms with E-state index in [1.165, 1.54) is 0 Å². The van der Waals surface area contributed by atoms with E-state index >= 15 is 0 Å². The van der Waals surface area contributed by atoms with E-state index in [2.05, 4.69) is 28.8 Å². The molecule has 0 aliphatic heterocycles. The lowest BCUT2D eigenvalue weighted by Gasteiger charge is -2.07. The molecule has 0 aliphatic rings. The molecule has 2 aromatic rings. The number of nitrogens with zero attached hydrogens (tertiary/aromatic N) is 4. The van der Waals surface area contributed by atoms with Crippen LogP contribution in [0.4, 0.5) is 0 Å². The molecule has 0 unspecified atom stereocenters. The maximum atomic E-state index is 6.04. The number of hydrogen-bond acceptors (Lipinski definition) is 3. The van der Waals surface area contributed by atoms with E-state index in [-0.39, 0.29) is 0 Å². The predicted octanol–water partition coefficient (Wildman–Crippen LogP) is 2.37. The van der Waals surface area contributed by atoms with Crippen LogP contribution in [0, 0.1) is 6.92 Å². The molecule has 0 radical (unpaired) electrons. The fourth-order valence-corrected chi connectivity index (χ4v) is 1.70. The van der Waals surface area contributed by atoms with Gasteiger partial charge in [0, 0.05) is 6.04 Å². The molecule has 0 aromatic carbocycles. The zero-order chi connectivity index (χ0) is 10.3. The van der Waals surface area contributed by atoms with E-state index in [0.29, 0.717) is 22.7 Å². The Labute approximate surface area is 87.0 Å². The molecule has 0 amide bonds. The monoisotopic (exact) mass is 210 g/mol. The minimum Gasteiger partial charge on any atom is -0.324 e. The van der Waals surface area contributed by atoms with Gasteiger partial charge in [-0.05, 0) is 20.8 Å². The van der Waals surface area contributed by atoms with E-state index < -0.39 is 0 Å². The summed E-state index contributed by atoms with van der Waals surface area (Å²) < 4.78 is 1.97. The van der Waals surface area contributed by atoms with Crippen LogP contribution in [0.2, 0.25) is 5.15 Å². The molecule has 0 fully saturated rings. The van der Waals surface area contributed by atoms with Gasteiger partial charge in [-0.25, -0.2) is 15.0 Å². The highest BCUT2D eigenvalue weighted by atomic mass is 35.5. The van der Waals surface area contributed by atoms with Crippen molar-refractivity contribution in [3.8, 4) is 0 Å². The summed E-state index contributed by atoms with van der Waals surface area (Å²) in [5.41, 5.74) is 1.48. The van der Waals surface area contributed by atoms with Crippen molar-refractivity contribution in [1.82, 2.24) is 19.5 Å². The van der Waals surface area contributed by atoms with Gasteiger partial charge in [0.25, 0.3) is 0 Å². The van der Waals surface area contributed by atoms with Crippen molar-refractivity contribution in [2.45, 2.75) is 26.8 Å². The third kappa shape index (κ3) is 1.35. The molecular formula is C9H11ClN4. The molecular weight excluding hydrogens is 200 g/mol. The molecule has 0 bridgehead atoms. The summed E-state index contributed by atoms with van der Waals surface area (Å²) in [4.78, 5) is 12.5. The molecule has 0 spiro atoms. The fourth-order valence-electron chi connectivity index (χ4n) is 1.40. The molecule has 14 heavy (non-hydrogen) atoms. The Morgan fingerprint density at radius 1 is 1.36 bits per heavy atom. The summed E-state index contributed by atoms with van der Waals surface area (Å²) in [5.74, 6) is 0.650. The quantitative estimate of drug-likeness (QED) is 0.679. The third-order valence-corrected chi connectivity index (χ3v) is 2.32. The van der Waals surface area contributed by atoms with Crippen LogP contribution in [-0.4, -0.2) is 19.5 Å². The van der Waals surface area contributed by atoms with E-state index in [9.17, 15) is 0 Å². The zero-order valence-electron chi connectivity index (χ0n) is 8.32. The van der Waals surface area contributed by atoms with Gasteiger partial charge >= 0.3 is 0 Å². The lowest BCUT2D eigenvalue weighted by atomic mass is 10.4. The second-order valence-electron chi connectivity index (χ2n) is 3.48. The molecule has 0 aliphatic carbocycles. The number of aryl methyl sites for hydroxylation is 1. The molecule has 2 heterocycles. The highest BCUT2D eigenvalue weighted by Crippen LogP contribution is 2.22. The topological polar surface area (TPSA) is 43.6 Å². The van der Waals surface area contributed by atoms with Crippen molar-refractivity contribution in [2.24, 2.45) is 0 Å². The molecule has 5 heteroatoms. The first-order valence-corrected chi connectivity index (χ1v) is 4.84. The van der Waals surface area contributed by atoms with Gasteiger partial charge in [-0.1, -0.05) is 11.6 Å². The lowest BCUT2D eigenvalue weighted by molar-refractivity contribution is 0.617. The standard InChI is InChI=1S/C9H11ClN4/c1-5(2)14-4-11-9-7(14)8(10)12-6(3)13-9/h4-5H,1-3H3. The lowest BCUT2D eigenvalue weighted by Crippen LogP contribution is -2.00. The van der Waals surface area contributed by atoms with Crippen LogP contribution in [0.5, 0.6) is 0 Å². The number of aromatic nitrogens is 4. The summed E-state index contributed by atoms with van der Waals surface area (Å²) >= 11 is 6.04. The van der Waals surface area contributed by atoms with Crippen LogP contribution < -0.4 is 0 Å². The van der Waals surface area contributed by atoms with Gasteiger partial charge in [0.05, 0.1) is 6.33 Å². The zero-order valence-corrected chi connectivity index (χ0v) is 9.08. The van der Waals surface area contributed by atoms with E-state index in [4.69, 9.17) is 11.6 Å². The average Bonchev–Trinajstić information content (AvgIpc) is 2.47. The normalized spacial score (nSPS) is 11.5. The van der Waals surface area contributed by atoms with Crippen molar-refractivity contribution >= 4 is 22.8 Å². The summed E-state index contributed by atoms with van der Waals surface area (Å²) in [6.07, 6.45) is 1.75. The van der Waals surface area contributed by atoms with E-state index in [0.717, 1.165) is 5.52 Å². The second kappa shape index (κ2) is 3.20. The van der Waals surface area contributed by atoms with Crippen molar-refractivity contribution in [3.05, 3.63) is 17.3 Å². The molecule has 0 saturated carbocycles. The van der Waals surface area contributed by atoms with Gasteiger partial charge in [-0.15, -0.1) is 0 Å². The molecule has 2 aromatic heterocycles. The first kappa shape index (κ1) is 9.40. The van der Waals surface area contributed by atoms with Crippen molar-refractivity contribution in [2.75, 3.05) is 0 Å². The third-order valence-electron chi connectivity index (χ3n) is 2.05. The number of fused-ring (bicyclic) bond motifs is 1. The van der Waals surface area contributed by atoms with E-state index in [1.807, 2.05) is 4.57 Å². The molecule has 0 atom stereocenters. The summed E-state index contributed by atoms with van der Waals surface area (Å²) in [6, 6.07) is 0.309. The Kier molecular flexibility index (Phi) is 2.15. The minimum absolute atomic E-state index is 0.309. The summed E-state index contributed by atoms with van der Waals surface area (Å²) in [7, 11) is 0. The Hall–Kier alpha value is -1.16. The highest BCUT2D eigenvalue weighted by Gasteiger charge is 2.11. The molecule has 74 valence electrons. The van der Waals surface area contributed by atoms with Gasteiger partial charge in [0.1, 0.15) is 11.3 Å². The Morgan fingerprint density at radius 3 is 2.71 bits per heavy atom. The molecule has 4 nitrogen and oxygen atoms in total. The number of hydrogen-bond donors (Lipinski definition) is 0. The number of halogens is 1. The largest absolute Gasteiger partial charge is 0.324 e. The highest BCUT2D eigenvalue weighted by molar-refractivity contribution is 6.33. The Morgan fingerprint density at radius 2 is 2.07 bits per heavy atom. The Balaban J connectivity index is 2.79.